The van der Waals surface area contributed by atoms with Gasteiger partial charge < -0.3 is 10.6 Å². The van der Waals surface area contributed by atoms with Crippen LogP contribution in [0.1, 0.15) is 11.3 Å². The maximum absolute atomic E-state index is 11.7. The van der Waals surface area contributed by atoms with E-state index in [-0.39, 0.29) is 0 Å². The van der Waals surface area contributed by atoms with Gasteiger partial charge in [0.15, 0.2) is 0 Å². The summed E-state index contributed by atoms with van der Waals surface area (Å²) in [7, 11) is 0. The van der Waals surface area contributed by atoms with E-state index in [9.17, 15) is 9.59 Å². The summed E-state index contributed by atoms with van der Waals surface area (Å²) in [4.78, 5) is 27.6. The highest BCUT2D eigenvalue weighted by atomic mass is 35.5. The van der Waals surface area contributed by atoms with Crippen molar-refractivity contribution in [2.75, 3.05) is 10.6 Å². The number of nitrogens with zero attached hydrogens (tertiary/aromatic N) is 1. The lowest BCUT2D eigenvalue weighted by molar-refractivity contribution is 1.03. The van der Waals surface area contributed by atoms with Crippen molar-refractivity contribution < 1.29 is 0 Å². The molecule has 0 aliphatic heterocycles. The van der Waals surface area contributed by atoms with Crippen molar-refractivity contribution in [1.29, 1.82) is 0 Å². The zero-order chi connectivity index (χ0) is 16.2. The molecule has 23 heavy (non-hydrogen) atoms. The van der Waals surface area contributed by atoms with E-state index in [1.807, 2.05) is 36.4 Å². The number of pyridine rings is 1. The summed E-state index contributed by atoms with van der Waals surface area (Å²) in [5, 5.41) is 6.57. The maximum Gasteiger partial charge on any atom is 0.253 e. The fourth-order valence-electron chi connectivity index (χ4n) is 2.24. The van der Waals surface area contributed by atoms with Crippen LogP contribution in [-0.4, -0.2) is 4.98 Å². The molecule has 0 spiro atoms. The van der Waals surface area contributed by atoms with Gasteiger partial charge in [0.05, 0.1) is 12.2 Å². The summed E-state index contributed by atoms with van der Waals surface area (Å²) < 4.78 is 0. The largest absolute Gasteiger partial charge is 0.376 e. The van der Waals surface area contributed by atoms with Crippen LogP contribution in [0.15, 0.2) is 58.3 Å². The predicted octanol–water partition coefficient (Wildman–Crippen LogP) is 2.56. The van der Waals surface area contributed by atoms with Crippen LogP contribution in [0.3, 0.4) is 0 Å². The number of rotatable bonds is 6. The van der Waals surface area contributed by atoms with E-state index in [0.29, 0.717) is 29.5 Å². The van der Waals surface area contributed by atoms with E-state index in [1.54, 1.807) is 12.3 Å². The summed E-state index contributed by atoms with van der Waals surface area (Å²) in [5.41, 5.74) is 1.22. The van der Waals surface area contributed by atoms with Crippen LogP contribution >= 0.6 is 11.6 Å². The summed E-state index contributed by atoms with van der Waals surface area (Å²) in [6.45, 7) is 0.759. The highest BCUT2D eigenvalue weighted by Crippen LogP contribution is 2.19. The number of hydrogen-bond acceptors (Lipinski definition) is 5. The molecule has 0 aliphatic rings. The second-order valence-electron chi connectivity index (χ2n) is 5.03. The van der Waals surface area contributed by atoms with Crippen molar-refractivity contribution in [1.82, 2.24) is 4.98 Å². The van der Waals surface area contributed by atoms with E-state index < -0.39 is 10.9 Å². The summed E-state index contributed by atoms with van der Waals surface area (Å²) in [5.74, 6) is 0. The molecule has 3 aromatic rings. The van der Waals surface area contributed by atoms with Crippen LogP contribution in [0, 0.1) is 0 Å². The molecule has 2 aromatic carbocycles. The molecule has 1 heterocycles. The lowest BCUT2D eigenvalue weighted by atomic mass is 10.1. The Kier molecular flexibility index (Phi) is 4.39. The van der Waals surface area contributed by atoms with E-state index in [0.717, 1.165) is 11.3 Å². The molecule has 0 atom stereocenters. The standard InChI is InChI=1S/C17H14ClN3O2/c18-13-7-2-1-5-11(13)9-20-14-15(17(23)16(14)22)21-10-12-6-3-4-8-19-12/h1-8,20-21H,9-10H2. The monoisotopic (exact) mass is 327 g/mol. The van der Waals surface area contributed by atoms with Gasteiger partial charge in [0.25, 0.3) is 10.9 Å². The molecule has 0 fully saturated rings. The van der Waals surface area contributed by atoms with Gasteiger partial charge in [0, 0.05) is 17.8 Å². The molecule has 0 saturated carbocycles. The summed E-state index contributed by atoms with van der Waals surface area (Å²) >= 11 is 6.08. The third-order valence-corrected chi connectivity index (χ3v) is 3.86. The van der Waals surface area contributed by atoms with Crippen LogP contribution in [-0.2, 0) is 13.1 Å². The van der Waals surface area contributed by atoms with Gasteiger partial charge in [-0.3, -0.25) is 14.6 Å². The quantitative estimate of drug-likeness (QED) is 0.681. The highest BCUT2D eigenvalue weighted by Gasteiger charge is 2.20. The summed E-state index contributed by atoms with van der Waals surface area (Å²) in [6.07, 6.45) is 1.68. The topological polar surface area (TPSA) is 71.1 Å². The molecule has 116 valence electrons. The first-order chi connectivity index (χ1) is 11.2. The van der Waals surface area contributed by atoms with Crippen molar-refractivity contribution in [2.24, 2.45) is 0 Å². The van der Waals surface area contributed by atoms with Crippen molar-refractivity contribution >= 4 is 23.0 Å². The Morgan fingerprint density at radius 3 is 2.17 bits per heavy atom. The fourth-order valence-corrected chi connectivity index (χ4v) is 2.44. The highest BCUT2D eigenvalue weighted by molar-refractivity contribution is 6.31. The van der Waals surface area contributed by atoms with E-state index in [1.165, 1.54) is 0 Å². The van der Waals surface area contributed by atoms with Crippen molar-refractivity contribution in [3.8, 4) is 0 Å². The zero-order valence-corrected chi connectivity index (χ0v) is 12.9. The summed E-state index contributed by atoms with van der Waals surface area (Å²) in [6, 6.07) is 12.9. The Hall–Kier alpha value is -2.66. The van der Waals surface area contributed by atoms with E-state index >= 15 is 0 Å². The van der Waals surface area contributed by atoms with E-state index in [2.05, 4.69) is 15.6 Å². The van der Waals surface area contributed by atoms with Crippen LogP contribution in [0.5, 0.6) is 0 Å². The average Bonchev–Trinajstić information content (AvgIpc) is 2.59. The van der Waals surface area contributed by atoms with Gasteiger partial charge in [-0.15, -0.1) is 0 Å². The molecular formula is C17H14ClN3O2. The molecule has 0 unspecified atom stereocenters. The number of nitrogens with one attached hydrogen (secondary N) is 2. The normalized spacial score (nSPS) is 10.7. The molecule has 1 aromatic heterocycles. The Balaban J connectivity index is 1.69. The fraction of sp³-hybridized carbons (Fsp3) is 0.118. The van der Waals surface area contributed by atoms with Gasteiger partial charge in [-0.25, -0.2) is 0 Å². The molecule has 0 aliphatic carbocycles. The van der Waals surface area contributed by atoms with Gasteiger partial charge in [0.1, 0.15) is 11.4 Å². The second kappa shape index (κ2) is 6.62. The zero-order valence-electron chi connectivity index (χ0n) is 12.2. The Morgan fingerprint density at radius 1 is 0.870 bits per heavy atom. The smallest absolute Gasteiger partial charge is 0.253 e. The lowest BCUT2D eigenvalue weighted by Crippen LogP contribution is -2.37. The number of halogens is 1. The minimum absolute atomic E-state index is 0.297. The number of anilines is 2. The molecule has 6 heteroatoms. The lowest BCUT2D eigenvalue weighted by Gasteiger charge is -2.15. The third kappa shape index (κ3) is 3.24. The third-order valence-electron chi connectivity index (χ3n) is 3.50. The first-order valence-corrected chi connectivity index (χ1v) is 7.49. The molecule has 0 amide bonds. The van der Waals surface area contributed by atoms with Crippen LogP contribution in [0.4, 0.5) is 11.4 Å². The Labute approximate surface area is 137 Å². The van der Waals surface area contributed by atoms with Gasteiger partial charge >= 0.3 is 0 Å². The second-order valence-corrected chi connectivity index (χ2v) is 5.44. The van der Waals surface area contributed by atoms with Gasteiger partial charge in [-0.05, 0) is 23.8 Å². The van der Waals surface area contributed by atoms with Crippen molar-refractivity contribution in [3.05, 3.63) is 85.4 Å². The van der Waals surface area contributed by atoms with Crippen molar-refractivity contribution in [2.45, 2.75) is 13.1 Å². The number of hydrogen-bond donors (Lipinski definition) is 2. The van der Waals surface area contributed by atoms with Crippen LogP contribution in [0.2, 0.25) is 5.02 Å². The Bertz CT molecular complexity index is 886. The first kappa shape index (κ1) is 15.2. The van der Waals surface area contributed by atoms with Crippen molar-refractivity contribution in [3.63, 3.8) is 0 Å². The average molecular weight is 328 g/mol. The molecule has 3 rings (SSSR count). The van der Waals surface area contributed by atoms with Crippen LogP contribution in [0.25, 0.3) is 0 Å². The molecule has 0 saturated heterocycles. The van der Waals surface area contributed by atoms with Gasteiger partial charge in [-0.1, -0.05) is 35.9 Å². The minimum atomic E-state index is -0.513. The minimum Gasteiger partial charge on any atom is -0.376 e. The molecule has 0 bridgehead atoms. The van der Waals surface area contributed by atoms with Gasteiger partial charge in [0.2, 0.25) is 0 Å². The molecule has 0 radical (unpaired) electrons. The Morgan fingerprint density at radius 2 is 1.52 bits per heavy atom. The first-order valence-electron chi connectivity index (χ1n) is 7.11. The molecule has 2 N–H and O–H groups in total. The number of aromatic nitrogens is 1. The van der Waals surface area contributed by atoms with E-state index in [4.69, 9.17) is 11.6 Å². The van der Waals surface area contributed by atoms with Gasteiger partial charge in [-0.2, -0.15) is 0 Å². The number of benzene rings is 1. The predicted molar refractivity (Wildman–Crippen MR) is 91.7 cm³/mol. The molecule has 5 nitrogen and oxygen atoms in total. The SMILES string of the molecule is O=c1c(NCc2ccccn2)c(NCc2ccccc2Cl)c1=O. The van der Waals surface area contributed by atoms with Crippen LogP contribution < -0.4 is 21.5 Å². The maximum atomic E-state index is 11.7. The molecular weight excluding hydrogens is 314 g/mol.